The van der Waals surface area contributed by atoms with Crippen LogP contribution in [0.2, 0.25) is 0 Å². The Morgan fingerprint density at radius 1 is 0.394 bits per heavy atom. The number of anilines is 6. The highest BCUT2D eigenvalue weighted by Gasteiger charge is 2.58. The van der Waals surface area contributed by atoms with Crippen LogP contribution < -0.4 is 25.5 Å². The molecule has 0 amide bonds. The molecule has 11 aromatic rings. The topological polar surface area (TPSA) is 6.48 Å². The largest absolute Gasteiger partial charge is 0.311 e. The minimum absolute atomic E-state index is 0.264. The molecule has 0 saturated heterocycles. The summed E-state index contributed by atoms with van der Waals surface area (Å²) in [5.41, 5.74) is 26.4. The first-order valence-electron chi connectivity index (χ1n) is 26.2. The Kier molecular flexibility index (Phi) is 6.75. The zero-order valence-electron chi connectivity index (χ0n) is 41.3. The van der Waals surface area contributed by atoms with E-state index in [9.17, 15) is 4.11 Å². The smallest absolute Gasteiger partial charge is 0.264 e. The Morgan fingerprint density at radius 3 is 1.34 bits per heavy atom. The maximum Gasteiger partial charge on any atom is 0.264 e. The van der Waals surface area contributed by atoms with Crippen molar-refractivity contribution in [3.8, 4) is 44.5 Å². The van der Waals surface area contributed by atoms with Crippen molar-refractivity contribution in [3.63, 3.8) is 0 Å². The van der Waals surface area contributed by atoms with E-state index in [4.69, 9.17) is 0 Å². The Hall–Kier alpha value is -8.44. The molecule has 0 unspecified atom stereocenters. The molecule has 0 atom stereocenters. The lowest BCUT2D eigenvalue weighted by Crippen LogP contribution is -2.60. The van der Waals surface area contributed by atoms with Gasteiger partial charge in [0.2, 0.25) is 0 Å². The van der Waals surface area contributed by atoms with E-state index in [2.05, 4.69) is 228 Å². The molecule has 71 heavy (non-hydrogen) atoms. The molecule has 0 saturated carbocycles. The van der Waals surface area contributed by atoms with Gasteiger partial charge in [-0.15, -0.1) is 11.3 Å². The van der Waals surface area contributed by atoms with Gasteiger partial charge in [-0.1, -0.05) is 188 Å². The predicted octanol–water partition coefficient (Wildman–Crippen LogP) is 14.8. The Labute approximate surface area is 421 Å². The summed E-state index contributed by atoms with van der Waals surface area (Å²) in [5.74, 6) is 0. The minimum atomic E-state index is -2.40. The van der Waals surface area contributed by atoms with Crippen molar-refractivity contribution < 1.29 is 4.11 Å². The van der Waals surface area contributed by atoms with E-state index in [0.717, 1.165) is 39.6 Å². The zero-order chi connectivity index (χ0) is 48.8. The van der Waals surface area contributed by atoms with Crippen LogP contribution in [0.4, 0.5) is 34.1 Å². The maximum atomic E-state index is 9.19. The first kappa shape index (κ1) is 35.6. The Bertz CT molecular complexity index is 4200. The van der Waals surface area contributed by atoms with Gasteiger partial charge in [0, 0.05) is 47.8 Å². The SMILES string of the molecule is [2H]C([2H])([2H])c1cc2c3c(c1)N(c1ccccc1)c1c(sc4c1-c1ccccc1C41c4ccccc4-c4ccccc41)B3c1cc3c(cc1N2c1ccccc1)-c1ccccc1C31c2ccccc2-c2ccccc21. The van der Waals surface area contributed by atoms with E-state index in [1.165, 1.54) is 98.6 Å². The third-order valence-corrected chi connectivity index (χ3v) is 18.3. The van der Waals surface area contributed by atoms with Crippen LogP contribution in [0.3, 0.4) is 0 Å². The second-order valence-electron chi connectivity index (χ2n) is 20.0. The van der Waals surface area contributed by atoms with E-state index < -0.39 is 17.7 Å². The average molecular weight is 920 g/mol. The molecule has 3 heterocycles. The van der Waals surface area contributed by atoms with E-state index in [0.29, 0.717) is 5.56 Å². The van der Waals surface area contributed by atoms with E-state index in [1.807, 2.05) is 23.5 Å². The lowest BCUT2D eigenvalue weighted by molar-refractivity contribution is 0.794. The summed E-state index contributed by atoms with van der Waals surface area (Å²) in [7, 11) is 0. The summed E-state index contributed by atoms with van der Waals surface area (Å²) < 4.78 is 28.8. The molecule has 6 aliphatic rings. The second-order valence-corrected chi connectivity index (χ2v) is 21.0. The molecule has 0 N–H and O–H groups in total. The summed E-state index contributed by atoms with van der Waals surface area (Å²) >= 11 is 1.96. The number of aryl methyl sites for hydroxylation is 1. The number of benzene rings is 10. The van der Waals surface area contributed by atoms with E-state index in [-0.39, 0.29) is 6.71 Å². The molecule has 4 aliphatic carbocycles. The van der Waals surface area contributed by atoms with Crippen LogP contribution in [0.25, 0.3) is 44.5 Å². The van der Waals surface area contributed by atoms with Crippen LogP contribution in [0.15, 0.2) is 231 Å². The van der Waals surface area contributed by atoms with Crippen LogP contribution >= 0.6 is 11.3 Å². The van der Waals surface area contributed by atoms with Gasteiger partial charge in [0.05, 0.1) is 16.5 Å². The molecule has 328 valence electrons. The fourth-order valence-corrected chi connectivity index (χ4v) is 16.2. The van der Waals surface area contributed by atoms with Crippen LogP contribution in [0.5, 0.6) is 0 Å². The van der Waals surface area contributed by atoms with Gasteiger partial charge in [-0.05, 0) is 144 Å². The Morgan fingerprint density at radius 2 is 0.817 bits per heavy atom. The van der Waals surface area contributed by atoms with Crippen molar-refractivity contribution in [3.05, 3.63) is 280 Å². The van der Waals surface area contributed by atoms with Gasteiger partial charge in [-0.2, -0.15) is 0 Å². The first-order valence-corrected chi connectivity index (χ1v) is 25.5. The third-order valence-electron chi connectivity index (χ3n) is 16.9. The van der Waals surface area contributed by atoms with Crippen LogP contribution in [-0.2, 0) is 10.8 Å². The number of para-hydroxylation sites is 2. The molecule has 2 aliphatic heterocycles. The normalized spacial score (nSPS) is 16.1. The van der Waals surface area contributed by atoms with Gasteiger partial charge in [0.25, 0.3) is 6.71 Å². The third kappa shape index (κ3) is 4.45. The fourth-order valence-electron chi connectivity index (χ4n) is 14.5. The summed E-state index contributed by atoms with van der Waals surface area (Å²) in [4.78, 5) is 6.11. The summed E-state index contributed by atoms with van der Waals surface area (Å²) in [6.07, 6.45) is 0. The van der Waals surface area contributed by atoms with Crippen molar-refractivity contribution >= 4 is 67.9 Å². The lowest BCUT2D eigenvalue weighted by atomic mass is 9.35. The van der Waals surface area contributed by atoms with Gasteiger partial charge in [-0.25, -0.2) is 0 Å². The molecule has 4 heteroatoms. The van der Waals surface area contributed by atoms with Crippen molar-refractivity contribution in [1.29, 1.82) is 0 Å². The first-order chi connectivity index (χ1) is 36.4. The zero-order valence-corrected chi connectivity index (χ0v) is 39.1. The number of rotatable bonds is 2. The molecular weight excluding hydrogens is 876 g/mol. The molecule has 17 rings (SSSR count). The standard InChI is InChI=1S/C67H41BN2S/c1-40-36-59-62-60(37-40)70(42-22-6-3-7-23-42)63-61-48-29-13-19-35-55(48)67(53-33-17-10-26-45(53)46-27-11-18-34-54(46)67)64(61)71-65(63)68(62)57-39-56-49(38-58(57)69(59)41-20-4-2-5-21-41)47-28-12-16-32-52(47)66(56)50-30-14-8-24-43(50)44-25-9-15-31-51(44)66/h2-39H,1H3/i1D3. The number of fused-ring (bicyclic) bond motifs is 25. The van der Waals surface area contributed by atoms with Gasteiger partial charge < -0.3 is 9.80 Å². The number of hydrogen-bond acceptors (Lipinski definition) is 3. The van der Waals surface area contributed by atoms with Crippen LogP contribution in [0.1, 0.15) is 53.5 Å². The molecule has 0 fully saturated rings. The minimum Gasteiger partial charge on any atom is -0.311 e. The molecule has 1 aromatic heterocycles. The van der Waals surface area contributed by atoms with Crippen LogP contribution in [0, 0.1) is 6.85 Å². The van der Waals surface area contributed by atoms with E-state index in [1.54, 1.807) is 0 Å². The second kappa shape index (κ2) is 13.5. The van der Waals surface area contributed by atoms with Gasteiger partial charge >= 0.3 is 0 Å². The highest BCUT2D eigenvalue weighted by molar-refractivity contribution is 7.30. The fraction of sp³-hybridized carbons (Fsp3) is 0.0448. The highest BCUT2D eigenvalue weighted by atomic mass is 32.1. The summed E-state index contributed by atoms with van der Waals surface area (Å²) in [6, 6.07) is 84.6. The quantitative estimate of drug-likeness (QED) is 0.159. The molecule has 10 aromatic carbocycles. The molecule has 0 radical (unpaired) electrons. The molecular formula is C67H41BN2S. The van der Waals surface area contributed by atoms with Gasteiger partial charge in [0.15, 0.2) is 0 Å². The number of hydrogen-bond donors (Lipinski definition) is 0. The van der Waals surface area contributed by atoms with Gasteiger partial charge in [0.1, 0.15) is 0 Å². The monoisotopic (exact) mass is 919 g/mol. The number of nitrogens with zero attached hydrogens (tertiary/aromatic N) is 2. The highest BCUT2D eigenvalue weighted by Crippen LogP contribution is 2.68. The van der Waals surface area contributed by atoms with Crippen LogP contribution in [-0.4, -0.2) is 6.71 Å². The van der Waals surface area contributed by atoms with Crippen molar-refractivity contribution in [2.24, 2.45) is 0 Å². The molecule has 2 nitrogen and oxygen atoms in total. The number of thiophene rings is 1. The molecule has 2 spiro atoms. The van der Waals surface area contributed by atoms with Crippen molar-refractivity contribution in [2.45, 2.75) is 17.7 Å². The van der Waals surface area contributed by atoms with Gasteiger partial charge in [-0.3, -0.25) is 0 Å². The lowest BCUT2D eigenvalue weighted by Gasteiger charge is -2.44. The summed E-state index contributed by atoms with van der Waals surface area (Å²) in [6.45, 7) is -2.66. The van der Waals surface area contributed by atoms with Crippen molar-refractivity contribution in [1.82, 2.24) is 0 Å². The average Bonchev–Trinajstić information content (AvgIpc) is 4.24. The Balaban J connectivity index is 1.05. The predicted molar refractivity (Wildman–Crippen MR) is 296 cm³/mol. The summed E-state index contributed by atoms with van der Waals surface area (Å²) in [5, 5.41) is 0. The van der Waals surface area contributed by atoms with Crippen molar-refractivity contribution in [2.75, 3.05) is 9.80 Å². The van der Waals surface area contributed by atoms with E-state index >= 15 is 0 Å². The molecule has 0 bridgehead atoms. The maximum absolute atomic E-state index is 9.19.